The van der Waals surface area contributed by atoms with Crippen LogP contribution in [0.1, 0.15) is 31.4 Å². The number of amides is 2. The van der Waals surface area contributed by atoms with Crippen LogP contribution in [-0.2, 0) is 16.1 Å². The largest absolute Gasteiger partial charge is 0.351 e. The molecule has 160 valence electrons. The fraction of sp³-hybridized carbons (Fsp3) is 0.304. The van der Waals surface area contributed by atoms with Crippen molar-refractivity contribution in [3.05, 3.63) is 64.7 Å². The predicted octanol–water partition coefficient (Wildman–Crippen LogP) is 4.39. The summed E-state index contributed by atoms with van der Waals surface area (Å²) in [6.07, 6.45) is 0.678. The third-order valence-electron chi connectivity index (χ3n) is 5.01. The van der Waals surface area contributed by atoms with Gasteiger partial charge in [0.15, 0.2) is 5.17 Å². The molecule has 0 saturated carbocycles. The van der Waals surface area contributed by atoms with Crippen LogP contribution < -0.4 is 5.32 Å². The Balaban J connectivity index is 1.48. The molecule has 0 aliphatic carbocycles. The summed E-state index contributed by atoms with van der Waals surface area (Å²) in [5.41, 5.74) is 2.45. The summed E-state index contributed by atoms with van der Waals surface area (Å²) < 4.78 is 0. The quantitative estimate of drug-likeness (QED) is 0.703. The zero-order chi connectivity index (χ0) is 22.0. The van der Waals surface area contributed by atoms with E-state index in [2.05, 4.69) is 24.2 Å². The summed E-state index contributed by atoms with van der Waals surface area (Å²) in [6.45, 7) is 4.50. The molecule has 0 spiro atoms. The molecule has 0 saturated heterocycles. The van der Waals surface area contributed by atoms with E-state index >= 15 is 0 Å². The van der Waals surface area contributed by atoms with Crippen molar-refractivity contribution in [2.45, 2.75) is 32.9 Å². The molecule has 2 aromatic rings. The van der Waals surface area contributed by atoms with E-state index in [1.165, 1.54) is 11.8 Å². The van der Waals surface area contributed by atoms with Gasteiger partial charge in [-0.1, -0.05) is 67.5 Å². The van der Waals surface area contributed by atoms with Crippen molar-refractivity contribution in [3.8, 4) is 0 Å². The van der Waals surface area contributed by atoms with E-state index in [1.807, 2.05) is 42.5 Å². The minimum Gasteiger partial charge on any atom is -0.351 e. The van der Waals surface area contributed by atoms with Crippen LogP contribution >= 0.6 is 23.4 Å². The van der Waals surface area contributed by atoms with E-state index < -0.39 is 6.04 Å². The standard InChI is InChI=1S/C23H23ClN4O2S/c1-14(2)11-19-22(30)28-21(26-19)16-8-4-6-10-18(16)27-23(28)31-13-20(29)25-12-15-7-3-5-9-17(15)24/h3-10,14,19H,11-13H2,1-2H3,(H,25,29)/t19-/m0/s1. The number of thioether (sulfide) groups is 1. The fourth-order valence-electron chi connectivity index (χ4n) is 3.52. The Kier molecular flexibility index (Phi) is 6.43. The molecule has 0 bridgehead atoms. The first-order chi connectivity index (χ1) is 14.9. The lowest BCUT2D eigenvalue weighted by molar-refractivity contribution is -0.125. The lowest BCUT2D eigenvalue weighted by Gasteiger charge is -2.25. The van der Waals surface area contributed by atoms with Crippen LogP contribution in [0.25, 0.3) is 0 Å². The molecular formula is C23H23ClN4O2S. The Bertz CT molecular complexity index is 1080. The Morgan fingerprint density at radius 1 is 1.19 bits per heavy atom. The number of amidine groups is 2. The molecule has 2 amide bonds. The van der Waals surface area contributed by atoms with E-state index in [0.717, 1.165) is 16.8 Å². The van der Waals surface area contributed by atoms with Gasteiger partial charge in [-0.2, -0.15) is 0 Å². The van der Waals surface area contributed by atoms with Crippen LogP contribution in [0.5, 0.6) is 0 Å². The van der Waals surface area contributed by atoms with Crippen molar-refractivity contribution in [1.82, 2.24) is 10.2 Å². The number of nitrogens with one attached hydrogen (secondary N) is 1. The number of hydrogen-bond donors (Lipinski definition) is 1. The molecule has 6 nitrogen and oxygen atoms in total. The molecule has 31 heavy (non-hydrogen) atoms. The topological polar surface area (TPSA) is 74.1 Å². The first-order valence-electron chi connectivity index (χ1n) is 10.2. The number of nitrogens with zero attached hydrogens (tertiary/aromatic N) is 3. The summed E-state index contributed by atoms with van der Waals surface area (Å²) in [5.74, 6) is 0.868. The van der Waals surface area contributed by atoms with Gasteiger partial charge in [-0.3, -0.25) is 14.6 Å². The third-order valence-corrected chi connectivity index (χ3v) is 6.32. The first kappa shape index (κ1) is 21.6. The average Bonchev–Trinajstić information content (AvgIpc) is 3.07. The minimum absolute atomic E-state index is 0.0825. The number of aliphatic imine (C=N–C) groups is 2. The lowest BCUT2D eigenvalue weighted by Crippen LogP contribution is -2.41. The van der Waals surface area contributed by atoms with Gasteiger partial charge >= 0.3 is 0 Å². The Morgan fingerprint density at radius 2 is 1.94 bits per heavy atom. The molecule has 0 unspecified atom stereocenters. The van der Waals surface area contributed by atoms with Crippen LogP contribution in [0.3, 0.4) is 0 Å². The highest BCUT2D eigenvalue weighted by Gasteiger charge is 2.41. The molecule has 8 heteroatoms. The Hall–Kier alpha value is -2.64. The van der Waals surface area contributed by atoms with Crippen molar-refractivity contribution in [3.63, 3.8) is 0 Å². The molecule has 1 N–H and O–H groups in total. The van der Waals surface area contributed by atoms with Gasteiger partial charge in [0.25, 0.3) is 5.91 Å². The van der Waals surface area contributed by atoms with Gasteiger partial charge in [-0.25, -0.2) is 9.89 Å². The molecule has 2 aromatic carbocycles. The predicted molar refractivity (Wildman–Crippen MR) is 126 cm³/mol. The van der Waals surface area contributed by atoms with Crippen LogP contribution in [0, 0.1) is 5.92 Å². The normalized spacial score (nSPS) is 17.2. The van der Waals surface area contributed by atoms with Gasteiger partial charge in [0, 0.05) is 17.1 Å². The van der Waals surface area contributed by atoms with Crippen LogP contribution in [0.15, 0.2) is 58.5 Å². The van der Waals surface area contributed by atoms with Crippen LogP contribution in [0.4, 0.5) is 5.69 Å². The number of rotatable bonds is 6. The maximum absolute atomic E-state index is 13.1. The van der Waals surface area contributed by atoms with E-state index in [1.54, 1.807) is 11.0 Å². The molecule has 0 radical (unpaired) electrons. The molecule has 4 rings (SSSR count). The molecule has 0 fully saturated rings. The Labute approximate surface area is 190 Å². The summed E-state index contributed by atoms with van der Waals surface area (Å²) in [6, 6.07) is 14.6. The van der Waals surface area contributed by atoms with Crippen molar-refractivity contribution < 1.29 is 9.59 Å². The molecule has 0 aromatic heterocycles. The van der Waals surface area contributed by atoms with E-state index in [9.17, 15) is 9.59 Å². The van der Waals surface area contributed by atoms with Crippen molar-refractivity contribution in [1.29, 1.82) is 0 Å². The maximum Gasteiger partial charge on any atom is 0.259 e. The molecule has 1 atom stereocenters. The van der Waals surface area contributed by atoms with E-state index in [0.29, 0.717) is 34.9 Å². The highest BCUT2D eigenvalue weighted by molar-refractivity contribution is 8.14. The minimum atomic E-state index is -0.416. The smallest absolute Gasteiger partial charge is 0.259 e. The Morgan fingerprint density at radius 3 is 2.71 bits per heavy atom. The van der Waals surface area contributed by atoms with Gasteiger partial charge in [0.1, 0.15) is 11.9 Å². The SMILES string of the molecule is CC(C)C[C@@H]1N=C2c3ccccc3N=C(SCC(=O)NCc3ccccc3Cl)N2C1=O. The summed E-state index contributed by atoms with van der Waals surface area (Å²) in [7, 11) is 0. The third kappa shape index (κ3) is 4.67. The van der Waals surface area contributed by atoms with Gasteiger partial charge in [-0.15, -0.1) is 0 Å². The summed E-state index contributed by atoms with van der Waals surface area (Å²) in [5, 5.41) is 3.97. The number of para-hydroxylation sites is 1. The molecule has 2 aliphatic rings. The van der Waals surface area contributed by atoms with Gasteiger partial charge in [-0.05, 0) is 36.1 Å². The zero-order valence-corrected chi connectivity index (χ0v) is 18.9. The second kappa shape index (κ2) is 9.24. The van der Waals surface area contributed by atoms with Crippen molar-refractivity contribution >= 4 is 51.9 Å². The summed E-state index contributed by atoms with van der Waals surface area (Å²) >= 11 is 7.39. The van der Waals surface area contributed by atoms with Gasteiger partial charge in [0.2, 0.25) is 5.91 Å². The summed E-state index contributed by atoms with van der Waals surface area (Å²) in [4.78, 5) is 36.5. The number of fused-ring (bicyclic) bond motifs is 3. The van der Waals surface area contributed by atoms with E-state index in [4.69, 9.17) is 16.6 Å². The number of carbonyl (C=O) groups is 2. The fourth-order valence-corrected chi connectivity index (χ4v) is 4.55. The molecule has 2 heterocycles. The average molecular weight is 455 g/mol. The molecular weight excluding hydrogens is 432 g/mol. The number of carbonyl (C=O) groups excluding carboxylic acids is 2. The lowest BCUT2D eigenvalue weighted by atomic mass is 10.0. The second-order valence-electron chi connectivity index (χ2n) is 7.84. The number of benzene rings is 2. The van der Waals surface area contributed by atoms with E-state index in [-0.39, 0.29) is 17.6 Å². The molecule has 2 aliphatic heterocycles. The van der Waals surface area contributed by atoms with Crippen molar-refractivity contribution in [2.24, 2.45) is 15.9 Å². The zero-order valence-electron chi connectivity index (χ0n) is 17.3. The first-order valence-corrected chi connectivity index (χ1v) is 11.5. The second-order valence-corrected chi connectivity index (χ2v) is 9.19. The van der Waals surface area contributed by atoms with Crippen LogP contribution in [-0.4, -0.2) is 39.5 Å². The van der Waals surface area contributed by atoms with Gasteiger partial charge in [0.05, 0.1) is 11.4 Å². The highest BCUT2D eigenvalue weighted by atomic mass is 35.5. The van der Waals surface area contributed by atoms with Gasteiger partial charge < -0.3 is 5.32 Å². The maximum atomic E-state index is 13.1. The highest BCUT2D eigenvalue weighted by Crippen LogP contribution is 2.34. The number of halogens is 1. The number of hydrogen-bond acceptors (Lipinski definition) is 5. The van der Waals surface area contributed by atoms with Crippen molar-refractivity contribution in [2.75, 3.05) is 5.75 Å². The monoisotopic (exact) mass is 454 g/mol. The van der Waals surface area contributed by atoms with Crippen LogP contribution in [0.2, 0.25) is 5.02 Å².